The van der Waals surface area contributed by atoms with Crippen molar-refractivity contribution in [1.29, 1.82) is 0 Å². The van der Waals surface area contributed by atoms with Gasteiger partial charge in [0, 0.05) is 19.4 Å². The van der Waals surface area contributed by atoms with Gasteiger partial charge in [-0.3, -0.25) is 4.79 Å². The number of methoxy groups -OCH3 is 1. The molecule has 1 atom stereocenters. The summed E-state index contributed by atoms with van der Waals surface area (Å²) in [5.74, 6) is -3.63. The summed E-state index contributed by atoms with van der Waals surface area (Å²) in [4.78, 5) is 23.8. The van der Waals surface area contributed by atoms with E-state index in [9.17, 15) is 18.4 Å². The monoisotopic (exact) mass is 338 g/mol. The molecule has 1 aromatic carbocycles. The predicted molar refractivity (Wildman–Crippen MR) is 82.8 cm³/mol. The Morgan fingerprint density at radius 1 is 1.21 bits per heavy atom. The molecule has 1 heterocycles. The summed E-state index contributed by atoms with van der Waals surface area (Å²) in [7, 11) is 1.31. The Bertz CT molecular complexity index is 642. The van der Waals surface area contributed by atoms with Crippen molar-refractivity contribution in [2.75, 3.05) is 13.7 Å². The van der Waals surface area contributed by atoms with Gasteiger partial charge in [-0.15, -0.1) is 0 Å². The zero-order valence-electron chi connectivity index (χ0n) is 13.4. The van der Waals surface area contributed by atoms with Crippen molar-refractivity contribution in [1.82, 2.24) is 10.6 Å². The number of carbonyl (C=O) groups excluding carboxylic acids is 2. The van der Waals surface area contributed by atoms with E-state index in [0.717, 1.165) is 18.4 Å². The summed E-state index contributed by atoms with van der Waals surface area (Å²) in [6.07, 6.45) is 0.784. The Morgan fingerprint density at radius 3 is 2.42 bits per heavy atom. The van der Waals surface area contributed by atoms with Crippen molar-refractivity contribution in [3.8, 4) is 0 Å². The van der Waals surface area contributed by atoms with E-state index in [1.54, 1.807) is 24.3 Å². The Labute approximate surface area is 138 Å². The molecule has 130 valence electrons. The van der Waals surface area contributed by atoms with E-state index in [4.69, 9.17) is 0 Å². The first kappa shape index (κ1) is 16.8. The van der Waals surface area contributed by atoms with Crippen LogP contribution < -0.4 is 10.6 Å². The number of ether oxygens (including phenoxy) is 1. The molecule has 1 amide bonds. The third-order valence-electron chi connectivity index (χ3n) is 4.67. The molecule has 0 spiro atoms. The molecule has 1 aromatic rings. The van der Waals surface area contributed by atoms with E-state index in [2.05, 4.69) is 15.4 Å². The number of hydrogen-bond acceptors (Lipinski definition) is 4. The van der Waals surface area contributed by atoms with Gasteiger partial charge in [-0.1, -0.05) is 12.1 Å². The summed E-state index contributed by atoms with van der Waals surface area (Å²) in [5.41, 5.74) is 0.781. The molecule has 2 N–H and O–H groups in total. The number of amides is 1. The number of alkyl halides is 2. The second-order valence-electron chi connectivity index (χ2n) is 6.46. The molecular weight excluding hydrogens is 318 g/mol. The van der Waals surface area contributed by atoms with Crippen LogP contribution in [0.25, 0.3) is 0 Å². The zero-order valence-corrected chi connectivity index (χ0v) is 13.4. The molecule has 0 unspecified atom stereocenters. The van der Waals surface area contributed by atoms with Gasteiger partial charge in [-0.05, 0) is 30.5 Å². The van der Waals surface area contributed by atoms with Gasteiger partial charge in [0.15, 0.2) is 0 Å². The Hall–Kier alpha value is -2.02. The van der Waals surface area contributed by atoms with E-state index in [1.807, 2.05) is 0 Å². The summed E-state index contributed by atoms with van der Waals surface area (Å²) in [6, 6.07) is 5.94. The highest BCUT2D eigenvalue weighted by molar-refractivity contribution is 5.89. The molecule has 1 saturated carbocycles. The molecule has 24 heavy (non-hydrogen) atoms. The number of esters is 1. The standard InChI is InChI=1S/C17H20F2N2O3/c1-24-15(23)11-2-4-12(5-3-11)16(6-7-16)21-14(22)13-10-17(18,19)8-9-20-13/h2-5,13,20H,6-10H2,1H3,(H,21,22)/t13-/m1/s1. The zero-order chi connectivity index (χ0) is 17.4. The van der Waals surface area contributed by atoms with Gasteiger partial charge in [-0.2, -0.15) is 0 Å². The van der Waals surface area contributed by atoms with Crippen LogP contribution in [0.1, 0.15) is 41.6 Å². The van der Waals surface area contributed by atoms with E-state index in [0.29, 0.717) is 5.56 Å². The molecule has 2 fully saturated rings. The number of halogens is 2. The topological polar surface area (TPSA) is 67.4 Å². The first-order valence-electron chi connectivity index (χ1n) is 7.97. The Kier molecular flexibility index (Phi) is 4.29. The first-order valence-corrected chi connectivity index (χ1v) is 7.97. The molecule has 0 bridgehead atoms. The summed E-state index contributed by atoms with van der Waals surface area (Å²) < 4.78 is 31.6. The Balaban J connectivity index is 1.68. The van der Waals surface area contributed by atoms with Crippen LogP contribution in [0.3, 0.4) is 0 Å². The van der Waals surface area contributed by atoms with Crippen molar-refractivity contribution >= 4 is 11.9 Å². The van der Waals surface area contributed by atoms with Gasteiger partial charge in [0.1, 0.15) is 0 Å². The fourth-order valence-electron chi connectivity index (χ4n) is 3.06. The number of carbonyl (C=O) groups is 2. The highest BCUT2D eigenvalue weighted by atomic mass is 19.3. The lowest BCUT2D eigenvalue weighted by Crippen LogP contribution is -2.53. The quantitative estimate of drug-likeness (QED) is 0.824. The molecule has 1 saturated heterocycles. The van der Waals surface area contributed by atoms with Crippen molar-refractivity contribution in [2.24, 2.45) is 0 Å². The lowest BCUT2D eigenvalue weighted by Gasteiger charge is -2.30. The highest BCUT2D eigenvalue weighted by Gasteiger charge is 2.48. The van der Waals surface area contributed by atoms with E-state index < -0.39 is 35.8 Å². The second kappa shape index (κ2) is 6.12. The molecule has 2 aliphatic rings. The first-order chi connectivity index (χ1) is 11.4. The van der Waals surface area contributed by atoms with Crippen LogP contribution in [0.5, 0.6) is 0 Å². The molecule has 1 aliphatic carbocycles. The van der Waals surface area contributed by atoms with Crippen LogP contribution in [0, 0.1) is 0 Å². The van der Waals surface area contributed by atoms with Gasteiger partial charge >= 0.3 is 5.97 Å². The summed E-state index contributed by atoms with van der Waals surface area (Å²) in [6.45, 7) is 0.131. The van der Waals surface area contributed by atoms with Gasteiger partial charge in [0.05, 0.1) is 24.3 Å². The lowest BCUT2D eigenvalue weighted by atomic mass is 9.98. The third-order valence-corrected chi connectivity index (χ3v) is 4.67. The SMILES string of the molecule is COC(=O)c1ccc(C2(NC(=O)[C@H]3CC(F)(F)CCN3)CC2)cc1. The number of hydrogen-bond donors (Lipinski definition) is 2. The number of nitrogens with one attached hydrogen (secondary N) is 2. The van der Waals surface area contributed by atoms with Crippen LogP contribution in [-0.2, 0) is 15.1 Å². The minimum Gasteiger partial charge on any atom is -0.465 e. The third kappa shape index (κ3) is 3.40. The maximum atomic E-state index is 13.5. The molecule has 7 heteroatoms. The van der Waals surface area contributed by atoms with Gasteiger partial charge < -0.3 is 15.4 Å². The van der Waals surface area contributed by atoms with Crippen LogP contribution in [0.15, 0.2) is 24.3 Å². The molecule has 3 rings (SSSR count). The van der Waals surface area contributed by atoms with E-state index in [1.165, 1.54) is 7.11 Å². The minimum absolute atomic E-state index is 0.131. The van der Waals surface area contributed by atoms with E-state index >= 15 is 0 Å². The number of rotatable bonds is 4. The average molecular weight is 338 g/mol. The number of benzene rings is 1. The fourth-order valence-corrected chi connectivity index (χ4v) is 3.06. The average Bonchev–Trinajstić information content (AvgIpc) is 3.34. The van der Waals surface area contributed by atoms with Gasteiger partial charge in [-0.25, -0.2) is 13.6 Å². The number of piperidine rings is 1. The lowest BCUT2D eigenvalue weighted by molar-refractivity contribution is -0.129. The van der Waals surface area contributed by atoms with Gasteiger partial charge in [0.2, 0.25) is 5.91 Å². The van der Waals surface area contributed by atoms with Crippen molar-refractivity contribution in [3.05, 3.63) is 35.4 Å². The molecule has 1 aliphatic heterocycles. The minimum atomic E-state index is -2.80. The smallest absolute Gasteiger partial charge is 0.337 e. The van der Waals surface area contributed by atoms with E-state index in [-0.39, 0.29) is 13.0 Å². The fraction of sp³-hybridized carbons (Fsp3) is 0.529. The van der Waals surface area contributed by atoms with Crippen LogP contribution >= 0.6 is 0 Å². The summed E-state index contributed by atoms with van der Waals surface area (Å²) >= 11 is 0. The highest BCUT2D eigenvalue weighted by Crippen LogP contribution is 2.45. The molecule has 5 nitrogen and oxygen atoms in total. The predicted octanol–water partition coefficient (Wildman–Crippen LogP) is 1.97. The molecule has 0 radical (unpaired) electrons. The largest absolute Gasteiger partial charge is 0.465 e. The van der Waals surface area contributed by atoms with Crippen molar-refractivity contribution in [3.63, 3.8) is 0 Å². The Morgan fingerprint density at radius 2 is 1.88 bits per heavy atom. The maximum Gasteiger partial charge on any atom is 0.337 e. The summed E-state index contributed by atoms with van der Waals surface area (Å²) in [5, 5.41) is 5.76. The van der Waals surface area contributed by atoms with Crippen molar-refractivity contribution in [2.45, 2.75) is 43.2 Å². The molecule has 0 aromatic heterocycles. The van der Waals surface area contributed by atoms with Gasteiger partial charge in [0.25, 0.3) is 5.92 Å². The second-order valence-corrected chi connectivity index (χ2v) is 6.46. The van der Waals surface area contributed by atoms with Crippen LogP contribution in [0.2, 0.25) is 0 Å². The van der Waals surface area contributed by atoms with Crippen LogP contribution in [-0.4, -0.2) is 37.5 Å². The maximum absolute atomic E-state index is 13.5. The normalized spacial score (nSPS) is 24.0. The van der Waals surface area contributed by atoms with Crippen molar-refractivity contribution < 1.29 is 23.1 Å². The molecular formula is C17H20F2N2O3. The van der Waals surface area contributed by atoms with Crippen LogP contribution in [0.4, 0.5) is 8.78 Å².